The maximum absolute atomic E-state index is 12.2. The molecule has 0 aromatic heterocycles. The molecule has 1 unspecified atom stereocenters. The van der Waals surface area contributed by atoms with E-state index in [2.05, 4.69) is 12.2 Å². The minimum absolute atomic E-state index is 0.0559. The first-order valence-corrected chi connectivity index (χ1v) is 7.45. The number of urea groups is 1. The van der Waals surface area contributed by atoms with E-state index in [1.54, 1.807) is 4.90 Å². The molecule has 2 aliphatic heterocycles. The number of ether oxygens (including phenoxy) is 1. The van der Waals surface area contributed by atoms with Crippen molar-refractivity contribution in [3.63, 3.8) is 0 Å². The smallest absolute Gasteiger partial charge is 0.332 e. The van der Waals surface area contributed by atoms with Crippen LogP contribution in [0.25, 0.3) is 0 Å². The lowest BCUT2D eigenvalue weighted by atomic mass is 9.92. The van der Waals surface area contributed by atoms with Crippen LogP contribution in [0.1, 0.15) is 39.0 Å². The van der Waals surface area contributed by atoms with Crippen molar-refractivity contribution in [1.82, 2.24) is 10.2 Å². The molecule has 6 heteroatoms. The van der Waals surface area contributed by atoms with Crippen molar-refractivity contribution in [2.45, 2.75) is 44.6 Å². The molecule has 2 N–H and O–H groups in total. The molecule has 0 aromatic rings. The van der Waals surface area contributed by atoms with Crippen LogP contribution in [0.15, 0.2) is 0 Å². The number of carboxylic acid groups (broad SMARTS) is 1. The van der Waals surface area contributed by atoms with Crippen molar-refractivity contribution in [3.8, 4) is 0 Å². The van der Waals surface area contributed by atoms with Gasteiger partial charge in [-0.05, 0) is 18.8 Å². The van der Waals surface area contributed by atoms with Crippen molar-refractivity contribution in [2.75, 3.05) is 26.3 Å². The molecular formula is C14H24N2O4. The number of carbonyl (C=O) groups is 2. The van der Waals surface area contributed by atoms with Gasteiger partial charge in [-0.15, -0.1) is 0 Å². The van der Waals surface area contributed by atoms with E-state index in [9.17, 15) is 14.7 Å². The van der Waals surface area contributed by atoms with Gasteiger partial charge in [0.25, 0.3) is 0 Å². The van der Waals surface area contributed by atoms with E-state index in [-0.39, 0.29) is 12.6 Å². The van der Waals surface area contributed by atoms with Crippen LogP contribution in [0.2, 0.25) is 0 Å². The molecule has 114 valence electrons. The van der Waals surface area contributed by atoms with Crippen molar-refractivity contribution in [3.05, 3.63) is 0 Å². The molecule has 0 aliphatic carbocycles. The molecule has 2 heterocycles. The fraction of sp³-hybridized carbons (Fsp3) is 0.857. The van der Waals surface area contributed by atoms with Gasteiger partial charge in [0, 0.05) is 26.1 Å². The number of hydrogen-bond donors (Lipinski definition) is 2. The Kier molecular flexibility index (Phi) is 4.86. The molecule has 0 bridgehead atoms. The number of aliphatic carboxylic acids is 1. The summed E-state index contributed by atoms with van der Waals surface area (Å²) in [5.41, 5.74) is -1.24. The molecule has 2 fully saturated rings. The fourth-order valence-electron chi connectivity index (χ4n) is 3.00. The number of carboxylic acids is 1. The lowest BCUT2D eigenvalue weighted by Crippen LogP contribution is -2.59. The second-order valence-corrected chi connectivity index (χ2v) is 5.84. The standard InChI is InChI=1S/C14H24N2O4/c1-2-3-11-4-7-16(8-5-11)13(19)15-14(12(17)18)6-9-20-10-14/h11H,2-10H2,1H3,(H,15,19)(H,17,18). The highest BCUT2D eigenvalue weighted by Gasteiger charge is 2.44. The number of hydrogen-bond acceptors (Lipinski definition) is 3. The van der Waals surface area contributed by atoms with Crippen LogP contribution in [0.3, 0.4) is 0 Å². The minimum Gasteiger partial charge on any atom is -0.479 e. The molecule has 2 aliphatic rings. The summed E-state index contributed by atoms with van der Waals surface area (Å²) in [6.45, 7) is 4.04. The van der Waals surface area contributed by atoms with E-state index < -0.39 is 11.5 Å². The zero-order valence-electron chi connectivity index (χ0n) is 12.1. The highest BCUT2D eigenvalue weighted by molar-refractivity contribution is 5.86. The number of likely N-dealkylation sites (tertiary alicyclic amines) is 1. The van der Waals surface area contributed by atoms with Crippen molar-refractivity contribution in [1.29, 1.82) is 0 Å². The summed E-state index contributed by atoms with van der Waals surface area (Å²) in [5, 5.41) is 12.0. The van der Waals surface area contributed by atoms with E-state index in [0.717, 1.165) is 12.8 Å². The highest BCUT2D eigenvalue weighted by Crippen LogP contribution is 2.23. The van der Waals surface area contributed by atoms with E-state index in [0.29, 0.717) is 32.0 Å². The largest absolute Gasteiger partial charge is 0.479 e. The van der Waals surface area contributed by atoms with Gasteiger partial charge in [0.1, 0.15) is 0 Å². The van der Waals surface area contributed by atoms with Crippen molar-refractivity contribution in [2.24, 2.45) is 5.92 Å². The van der Waals surface area contributed by atoms with Crippen LogP contribution < -0.4 is 5.32 Å². The van der Waals surface area contributed by atoms with Crippen LogP contribution in [0.4, 0.5) is 4.79 Å². The average molecular weight is 284 g/mol. The number of nitrogens with zero attached hydrogens (tertiary/aromatic N) is 1. The number of nitrogens with one attached hydrogen (secondary N) is 1. The quantitative estimate of drug-likeness (QED) is 0.819. The van der Waals surface area contributed by atoms with Gasteiger partial charge < -0.3 is 20.1 Å². The zero-order valence-corrected chi connectivity index (χ0v) is 12.1. The summed E-state index contributed by atoms with van der Waals surface area (Å²) >= 11 is 0. The highest BCUT2D eigenvalue weighted by atomic mass is 16.5. The zero-order chi connectivity index (χ0) is 14.6. The Labute approximate surface area is 119 Å². The Morgan fingerprint density at radius 2 is 2.10 bits per heavy atom. The third kappa shape index (κ3) is 3.23. The second kappa shape index (κ2) is 6.43. The first-order chi connectivity index (χ1) is 9.57. The van der Waals surface area contributed by atoms with Gasteiger partial charge in [-0.25, -0.2) is 9.59 Å². The molecule has 2 amide bonds. The summed E-state index contributed by atoms with van der Waals surface area (Å²) in [6.07, 6.45) is 4.74. The molecule has 2 saturated heterocycles. The first-order valence-electron chi connectivity index (χ1n) is 7.45. The molecule has 1 atom stereocenters. The number of amides is 2. The second-order valence-electron chi connectivity index (χ2n) is 5.84. The van der Waals surface area contributed by atoms with Crippen LogP contribution >= 0.6 is 0 Å². The Balaban J connectivity index is 1.87. The van der Waals surface area contributed by atoms with Gasteiger partial charge in [-0.2, -0.15) is 0 Å². The van der Waals surface area contributed by atoms with Crippen LogP contribution in [0, 0.1) is 5.92 Å². The lowest BCUT2D eigenvalue weighted by Gasteiger charge is -2.34. The minimum atomic E-state index is -1.24. The number of piperidine rings is 1. The average Bonchev–Trinajstić information content (AvgIpc) is 2.90. The van der Waals surface area contributed by atoms with Crippen molar-refractivity contribution >= 4 is 12.0 Å². The molecule has 20 heavy (non-hydrogen) atoms. The molecule has 0 aromatic carbocycles. The Morgan fingerprint density at radius 1 is 1.40 bits per heavy atom. The first kappa shape index (κ1) is 15.1. The maximum atomic E-state index is 12.2. The van der Waals surface area contributed by atoms with E-state index in [1.165, 1.54) is 12.8 Å². The third-order valence-electron chi connectivity index (χ3n) is 4.38. The monoisotopic (exact) mass is 284 g/mol. The summed E-state index contributed by atoms with van der Waals surface area (Å²) in [4.78, 5) is 25.3. The van der Waals surface area contributed by atoms with Crippen molar-refractivity contribution < 1.29 is 19.4 Å². The summed E-state index contributed by atoms with van der Waals surface area (Å²) in [5.74, 6) is -0.309. The van der Waals surface area contributed by atoms with Gasteiger partial charge in [-0.1, -0.05) is 19.8 Å². The van der Waals surface area contributed by atoms with E-state index in [1.807, 2.05) is 0 Å². The van der Waals surface area contributed by atoms with E-state index >= 15 is 0 Å². The van der Waals surface area contributed by atoms with Crippen LogP contribution in [0.5, 0.6) is 0 Å². The third-order valence-corrected chi connectivity index (χ3v) is 4.38. The molecule has 2 rings (SSSR count). The number of rotatable bonds is 4. The Hall–Kier alpha value is -1.30. The van der Waals surface area contributed by atoms with Gasteiger partial charge in [0.15, 0.2) is 5.54 Å². The molecule has 6 nitrogen and oxygen atoms in total. The van der Waals surface area contributed by atoms with E-state index in [4.69, 9.17) is 4.74 Å². The van der Waals surface area contributed by atoms with Crippen LogP contribution in [-0.4, -0.2) is 53.8 Å². The van der Waals surface area contributed by atoms with Gasteiger partial charge >= 0.3 is 12.0 Å². The predicted octanol–water partition coefficient (Wildman–Crippen LogP) is 1.45. The molecule has 0 saturated carbocycles. The summed E-state index contributed by atoms with van der Waals surface area (Å²) < 4.78 is 5.14. The summed E-state index contributed by atoms with van der Waals surface area (Å²) in [6, 6.07) is -0.271. The topological polar surface area (TPSA) is 78.9 Å². The normalized spacial score (nSPS) is 27.6. The number of carbonyl (C=O) groups excluding carboxylic acids is 1. The molecular weight excluding hydrogens is 260 g/mol. The Morgan fingerprint density at radius 3 is 2.60 bits per heavy atom. The summed E-state index contributed by atoms with van der Waals surface area (Å²) in [7, 11) is 0. The predicted molar refractivity (Wildman–Crippen MR) is 73.5 cm³/mol. The Bertz CT molecular complexity index is 358. The lowest BCUT2D eigenvalue weighted by molar-refractivity contribution is -0.144. The fourth-order valence-corrected chi connectivity index (χ4v) is 3.00. The van der Waals surface area contributed by atoms with Crippen LogP contribution in [-0.2, 0) is 9.53 Å². The maximum Gasteiger partial charge on any atom is 0.332 e. The van der Waals surface area contributed by atoms with Gasteiger partial charge in [0.05, 0.1) is 6.61 Å². The molecule has 0 spiro atoms. The SMILES string of the molecule is CCCC1CCN(C(=O)NC2(C(=O)O)CCOC2)CC1. The van der Waals surface area contributed by atoms with Gasteiger partial charge in [0.2, 0.25) is 0 Å². The molecule has 0 radical (unpaired) electrons. The van der Waals surface area contributed by atoms with Gasteiger partial charge in [-0.3, -0.25) is 0 Å².